The summed E-state index contributed by atoms with van der Waals surface area (Å²) in [7, 11) is 0. The number of thiazole rings is 1. The Hall–Kier alpha value is -1.81. The van der Waals surface area contributed by atoms with Crippen molar-refractivity contribution >= 4 is 22.8 Å². The Morgan fingerprint density at radius 2 is 2.00 bits per heavy atom. The fourth-order valence-corrected chi connectivity index (χ4v) is 2.71. The molecule has 1 aromatic carbocycles. The molecular formula is C16H17N2OS. The van der Waals surface area contributed by atoms with Gasteiger partial charge in [-0.2, -0.15) is 0 Å². The lowest BCUT2D eigenvalue weighted by molar-refractivity contribution is 0.0812. The Bertz CT molecular complexity index is 599. The Labute approximate surface area is 123 Å². The molecule has 0 amide bonds. The molecule has 0 fully saturated rings. The van der Waals surface area contributed by atoms with E-state index in [1.165, 1.54) is 0 Å². The number of benzene rings is 1. The van der Waals surface area contributed by atoms with Crippen LogP contribution in [0.4, 0.5) is 5.69 Å². The molecule has 1 aliphatic heterocycles. The van der Waals surface area contributed by atoms with Crippen molar-refractivity contribution in [2.24, 2.45) is 5.41 Å². The van der Waals surface area contributed by atoms with Crippen LogP contribution in [-0.2, 0) is 4.74 Å². The maximum Gasteiger partial charge on any atom is 0.181 e. The average molecular weight is 285 g/mol. The van der Waals surface area contributed by atoms with E-state index in [1.807, 2.05) is 29.9 Å². The molecule has 0 aliphatic carbocycles. The third-order valence-corrected chi connectivity index (χ3v) is 3.89. The van der Waals surface area contributed by atoms with Crippen LogP contribution in [0.25, 0.3) is 5.76 Å². The average Bonchev–Trinajstić information content (AvgIpc) is 3.08. The summed E-state index contributed by atoms with van der Waals surface area (Å²) < 4.78 is 6.14. The van der Waals surface area contributed by atoms with Crippen molar-refractivity contribution in [3.8, 4) is 0 Å². The van der Waals surface area contributed by atoms with Gasteiger partial charge in [-0.05, 0) is 12.1 Å². The zero-order valence-electron chi connectivity index (χ0n) is 11.8. The molecule has 1 atom stereocenters. The summed E-state index contributed by atoms with van der Waals surface area (Å²) in [5.74, 6) is 0.774. The van der Waals surface area contributed by atoms with E-state index in [0.717, 1.165) is 16.3 Å². The summed E-state index contributed by atoms with van der Waals surface area (Å²) >= 11 is 1.57. The minimum absolute atomic E-state index is 0.0186. The van der Waals surface area contributed by atoms with Crippen LogP contribution in [0.2, 0.25) is 0 Å². The van der Waals surface area contributed by atoms with E-state index in [2.05, 4.69) is 49.0 Å². The van der Waals surface area contributed by atoms with Crippen molar-refractivity contribution in [3.63, 3.8) is 0 Å². The summed E-state index contributed by atoms with van der Waals surface area (Å²) in [6.07, 6.45) is 5.12. The minimum Gasteiger partial charge on any atom is -0.466 e. The first-order valence-electron chi connectivity index (χ1n) is 6.59. The van der Waals surface area contributed by atoms with Gasteiger partial charge in [-0.1, -0.05) is 39.0 Å². The van der Waals surface area contributed by atoms with Gasteiger partial charge < -0.3 is 4.74 Å². The van der Waals surface area contributed by atoms with E-state index < -0.39 is 0 Å². The fraction of sp³-hybridized carbons (Fsp3) is 0.312. The third kappa shape index (κ3) is 2.43. The normalized spacial score (nSPS) is 18.9. The molecule has 2 heterocycles. The van der Waals surface area contributed by atoms with Gasteiger partial charge in [0.25, 0.3) is 0 Å². The molecule has 0 spiro atoms. The lowest BCUT2D eigenvalue weighted by Crippen LogP contribution is -2.39. The van der Waals surface area contributed by atoms with E-state index in [0.29, 0.717) is 0 Å². The van der Waals surface area contributed by atoms with Crippen LogP contribution in [0.3, 0.4) is 0 Å². The number of para-hydroxylation sites is 1. The summed E-state index contributed by atoms with van der Waals surface area (Å²) in [4.78, 5) is 7.20. The van der Waals surface area contributed by atoms with E-state index in [4.69, 9.17) is 4.74 Å². The molecule has 0 bridgehead atoms. The summed E-state index contributed by atoms with van der Waals surface area (Å²) in [5.41, 5.74) is 2.88. The number of anilines is 1. The third-order valence-electron chi connectivity index (χ3n) is 3.12. The van der Waals surface area contributed by atoms with Crippen LogP contribution >= 0.6 is 11.3 Å². The summed E-state index contributed by atoms with van der Waals surface area (Å²) in [6.45, 7) is 6.51. The van der Waals surface area contributed by atoms with E-state index in [-0.39, 0.29) is 11.6 Å². The smallest absolute Gasteiger partial charge is 0.181 e. The highest BCUT2D eigenvalue weighted by Crippen LogP contribution is 2.39. The molecule has 20 heavy (non-hydrogen) atoms. The first kappa shape index (κ1) is 13.2. The van der Waals surface area contributed by atoms with Crippen molar-refractivity contribution < 1.29 is 4.74 Å². The number of aromatic nitrogens is 1. The maximum absolute atomic E-state index is 6.14. The van der Waals surface area contributed by atoms with Gasteiger partial charge in [0, 0.05) is 17.3 Å². The molecular weight excluding hydrogens is 268 g/mol. The van der Waals surface area contributed by atoms with Crippen molar-refractivity contribution in [2.45, 2.75) is 27.0 Å². The molecule has 1 aliphatic rings. The topological polar surface area (TPSA) is 25.4 Å². The number of rotatable bonds is 2. The van der Waals surface area contributed by atoms with E-state index >= 15 is 0 Å². The van der Waals surface area contributed by atoms with Gasteiger partial charge in [-0.15, -0.1) is 11.3 Å². The van der Waals surface area contributed by atoms with Gasteiger partial charge in [0.15, 0.2) is 12.0 Å². The molecule has 0 saturated carbocycles. The van der Waals surface area contributed by atoms with Crippen molar-refractivity contribution in [1.29, 1.82) is 0 Å². The molecule has 4 heteroatoms. The van der Waals surface area contributed by atoms with Gasteiger partial charge in [0.1, 0.15) is 6.20 Å². The van der Waals surface area contributed by atoms with Gasteiger partial charge >= 0.3 is 0 Å². The van der Waals surface area contributed by atoms with Gasteiger partial charge in [0.05, 0.1) is 10.4 Å². The molecule has 3 rings (SSSR count). The molecule has 2 aromatic rings. The largest absolute Gasteiger partial charge is 0.466 e. The number of nitrogens with zero attached hydrogens (tertiary/aromatic N) is 2. The second-order valence-electron chi connectivity index (χ2n) is 5.85. The number of ether oxygens (including phenoxy) is 1. The van der Waals surface area contributed by atoms with Crippen LogP contribution in [-0.4, -0.2) is 11.2 Å². The van der Waals surface area contributed by atoms with Crippen molar-refractivity contribution in [3.05, 3.63) is 53.1 Å². The quantitative estimate of drug-likeness (QED) is 0.828. The van der Waals surface area contributed by atoms with Crippen LogP contribution in [0.5, 0.6) is 0 Å². The van der Waals surface area contributed by atoms with Gasteiger partial charge in [-0.25, -0.2) is 0 Å². The standard InChI is InChI=1S/C16H17N2OS/c1-16(2,3)15-18(12-7-5-4-6-8-12)10-13(19-15)14-9-17-11-20-14/h4-9,11,15H,1-3H3. The first-order valence-corrected chi connectivity index (χ1v) is 7.47. The van der Waals surface area contributed by atoms with Crippen LogP contribution in [0.1, 0.15) is 25.6 Å². The molecule has 103 valence electrons. The zero-order valence-corrected chi connectivity index (χ0v) is 12.6. The van der Waals surface area contributed by atoms with Gasteiger partial charge in [-0.3, -0.25) is 9.88 Å². The highest BCUT2D eigenvalue weighted by molar-refractivity contribution is 7.10. The molecule has 3 nitrogen and oxygen atoms in total. The maximum atomic E-state index is 6.14. The Morgan fingerprint density at radius 3 is 2.60 bits per heavy atom. The molecule has 0 saturated heterocycles. The molecule has 0 N–H and O–H groups in total. The summed E-state index contributed by atoms with van der Waals surface area (Å²) in [6, 6.07) is 10.2. The Morgan fingerprint density at radius 1 is 1.25 bits per heavy atom. The van der Waals surface area contributed by atoms with Crippen molar-refractivity contribution in [2.75, 3.05) is 4.90 Å². The first-order chi connectivity index (χ1) is 9.55. The summed E-state index contributed by atoms with van der Waals surface area (Å²) in [5, 5.41) is 0. The minimum atomic E-state index is -0.0676. The van der Waals surface area contributed by atoms with Crippen LogP contribution in [0, 0.1) is 11.6 Å². The van der Waals surface area contributed by atoms with E-state index in [1.54, 1.807) is 11.3 Å². The predicted octanol–water partition coefficient (Wildman–Crippen LogP) is 4.15. The van der Waals surface area contributed by atoms with E-state index in [9.17, 15) is 0 Å². The van der Waals surface area contributed by atoms with Crippen LogP contribution < -0.4 is 4.90 Å². The number of hydrogen-bond donors (Lipinski definition) is 0. The lowest BCUT2D eigenvalue weighted by atomic mass is 9.93. The monoisotopic (exact) mass is 285 g/mol. The SMILES string of the molecule is CC(C)(C)C1OC(c2cncs2)=[C]N1c1ccccc1. The highest BCUT2D eigenvalue weighted by Gasteiger charge is 2.38. The fourth-order valence-electron chi connectivity index (χ4n) is 2.15. The molecule has 1 aromatic heterocycles. The van der Waals surface area contributed by atoms with Crippen LogP contribution in [0.15, 0.2) is 42.0 Å². The second kappa shape index (κ2) is 4.94. The van der Waals surface area contributed by atoms with Gasteiger partial charge in [0.2, 0.25) is 0 Å². The predicted molar refractivity (Wildman–Crippen MR) is 82.0 cm³/mol. The zero-order chi connectivity index (χ0) is 14.2. The van der Waals surface area contributed by atoms with Crippen molar-refractivity contribution in [1.82, 2.24) is 4.98 Å². The lowest BCUT2D eigenvalue weighted by Gasteiger charge is -2.34. The second-order valence-corrected chi connectivity index (χ2v) is 6.73. The molecule has 1 unspecified atom stereocenters. The highest BCUT2D eigenvalue weighted by atomic mass is 32.1. The Kier molecular flexibility index (Phi) is 3.26. The Balaban J connectivity index is 1.99. The molecule has 1 radical (unpaired) electrons. The number of hydrogen-bond acceptors (Lipinski definition) is 4.